The van der Waals surface area contributed by atoms with Crippen LogP contribution in [0.3, 0.4) is 0 Å². The minimum atomic E-state index is -0.692. The van der Waals surface area contributed by atoms with E-state index in [4.69, 9.17) is 0 Å². The molecule has 0 aromatic rings. The van der Waals surface area contributed by atoms with Crippen LogP contribution in [0.15, 0.2) is 0 Å². The predicted molar refractivity (Wildman–Crippen MR) is 73.7 cm³/mol. The third kappa shape index (κ3) is 3.95. The van der Waals surface area contributed by atoms with Crippen molar-refractivity contribution in [3.8, 4) is 0 Å². The molecule has 0 aliphatic carbocycles. The molecule has 1 aliphatic rings. The van der Waals surface area contributed by atoms with E-state index in [0.29, 0.717) is 12.0 Å². The van der Waals surface area contributed by atoms with Crippen LogP contribution in [0.25, 0.3) is 0 Å². The normalized spacial score (nSPS) is 21.2. The Labute approximate surface area is 111 Å². The maximum Gasteiger partial charge on any atom is 0.309 e. The quantitative estimate of drug-likeness (QED) is 0.814. The number of carboxylic acid groups (broad SMARTS) is 1. The topological polar surface area (TPSA) is 43.8 Å². The average Bonchev–Trinajstić information content (AvgIpc) is 2.27. The van der Waals surface area contributed by atoms with Gasteiger partial charge in [-0.1, -0.05) is 0 Å². The summed E-state index contributed by atoms with van der Waals surface area (Å²) in [6.45, 7) is 5.92. The van der Waals surface area contributed by atoms with Crippen LogP contribution in [0, 0.1) is 11.3 Å². The van der Waals surface area contributed by atoms with Crippen LogP contribution < -0.4 is 0 Å². The lowest BCUT2D eigenvalue weighted by atomic mass is 9.78. The van der Waals surface area contributed by atoms with Gasteiger partial charge in [0.1, 0.15) is 0 Å². The summed E-state index contributed by atoms with van der Waals surface area (Å²) in [6, 6.07) is 0.366. The number of likely N-dealkylation sites (tertiary alicyclic amines) is 1. The van der Waals surface area contributed by atoms with Crippen LogP contribution in [-0.2, 0) is 4.79 Å². The van der Waals surface area contributed by atoms with Crippen molar-refractivity contribution in [3.05, 3.63) is 0 Å². The Kier molecular flexibility index (Phi) is 5.17. The number of hydrogen-bond donors (Lipinski definition) is 1. The van der Waals surface area contributed by atoms with Gasteiger partial charge in [-0.3, -0.25) is 4.79 Å². The zero-order chi connectivity index (χ0) is 13.9. The highest BCUT2D eigenvalue weighted by atomic mass is 16.4. The molecule has 0 saturated carbocycles. The van der Waals surface area contributed by atoms with E-state index in [0.717, 1.165) is 19.5 Å². The molecule has 1 saturated heterocycles. The van der Waals surface area contributed by atoms with E-state index in [-0.39, 0.29) is 0 Å². The first kappa shape index (κ1) is 15.4. The summed E-state index contributed by atoms with van der Waals surface area (Å²) in [6.07, 6.45) is 3.08. The zero-order valence-electron chi connectivity index (χ0n) is 12.4. The van der Waals surface area contributed by atoms with E-state index in [1.807, 2.05) is 13.8 Å². The monoisotopic (exact) mass is 256 g/mol. The predicted octanol–water partition coefficient (Wildman–Crippen LogP) is 1.76. The van der Waals surface area contributed by atoms with Gasteiger partial charge >= 0.3 is 5.97 Å². The highest BCUT2D eigenvalue weighted by molar-refractivity contribution is 5.73. The van der Waals surface area contributed by atoms with E-state index in [1.54, 1.807) is 0 Å². The molecule has 1 fully saturated rings. The Balaban J connectivity index is 2.68. The number of piperidine rings is 1. The Morgan fingerprint density at radius 1 is 1.39 bits per heavy atom. The standard InChI is InChI=1S/C14H28N2O2/c1-14(2,13(17)18)10-12(15(3)4)11-6-8-16(5)9-7-11/h11-12H,6-10H2,1-5H3,(H,17,18). The SMILES string of the molecule is CN1CCC(C(CC(C)(C)C(=O)O)N(C)C)CC1. The summed E-state index contributed by atoms with van der Waals surface area (Å²) in [5.41, 5.74) is -0.641. The van der Waals surface area contributed by atoms with Crippen molar-refractivity contribution in [2.75, 3.05) is 34.2 Å². The fraction of sp³-hybridized carbons (Fsp3) is 0.929. The Morgan fingerprint density at radius 3 is 2.28 bits per heavy atom. The lowest BCUT2D eigenvalue weighted by Crippen LogP contribution is -2.45. The Hall–Kier alpha value is -0.610. The molecule has 0 aromatic carbocycles. The first-order valence-electron chi connectivity index (χ1n) is 6.82. The molecule has 1 rings (SSSR count). The number of rotatable bonds is 5. The molecule has 106 valence electrons. The molecule has 0 amide bonds. The second-order valence-electron chi connectivity index (χ2n) is 6.56. The van der Waals surface area contributed by atoms with Gasteiger partial charge < -0.3 is 14.9 Å². The van der Waals surface area contributed by atoms with E-state index in [9.17, 15) is 9.90 Å². The molecule has 0 aromatic heterocycles. The van der Waals surface area contributed by atoms with Crippen LogP contribution in [0.2, 0.25) is 0 Å². The molecule has 1 unspecified atom stereocenters. The molecular formula is C14H28N2O2. The third-order valence-corrected chi connectivity index (χ3v) is 4.27. The number of carboxylic acids is 1. The number of carbonyl (C=O) groups is 1. The average molecular weight is 256 g/mol. The van der Waals surface area contributed by atoms with Crippen LogP contribution in [0.5, 0.6) is 0 Å². The lowest BCUT2D eigenvalue weighted by Gasteiger charge is -2.40. The van der Waals surface area contributed by atoms with Gasteiger partial charge in [-0.2, -0.15) is 0 Å². The van der Waals surface area contributed by atoms with Crippen molar-refractivity contribution in [1.82, 2.24) is 9.80 Å². The highest BCUT2D eigenvalue weighted by Crippen LogP contribution is 2.32. The van der Waals surface area contributed by atoms with Crippen molar-refractivity contribution >= 4 is 5.97 Å². The van der Waals surface area contributed by atoms with Crippen LogP contribution >= 0.6 is 0 Å². The fourth-order valence-electron chi connectivity index (χ4n) is 2.79. The van der Waals surface area contributed by atoms with Gasteiger partial charge in [0.2, 0.25) is 0 Å². The molecule has 1 aliphatic heterocycles. The van der Waals surface area contributed by atoms with Crippen molar-refractivity contribution in [3.63, 3.8) is 0 Å². The second-order valence-corrected chi connectivity index (χ2v) is 6.56. The summed E-state index contributed by atoms with van der Waals surface area (Å²) in [7, 11) is 6.30. The van der Waals surface area contributed by atoms with E-state index in [1.165, 1.54) is 12.8 Å². The minimum absolute atomic E-state index is 0.366. The van der Waals surface area contributed by atoms with Gasteiger partial charge in [0.25, 0.3) is 0 Å². The Morgan fingerprint density at radius 2 is 1.89 bits per heavy atom. The summed E-state index contributed by atoms with van der Waals surface area (Å²) < 4.78 is 0. The molecule has 0 spiro atoms. The van der Waals surface area contributed by atoms with Crippen LogP contribution in [0.4, 0.5) is 0 Å². The van der Waals surface area contributed by atoms with Gasteiger partial charge in [0.05, 0.1) is 5.41 Å². The third-order valence-electron chi connectivity index (χ3n) is 4.27. The van der Waals surface area contributed by atoms with Gasteiger partial charge in [0, 0.05) is 6.04 Å². The molecular weight excluding hydrogens is 228 g/mol. The van der Waals surface area contributed by atoms with Crippen molar-refractivity contribution in [2.45, 2.75) is 39.2 Å². The van der Waals surface area contributed by atoms with Gasteiger partial charge in [0.15, 0.2) is 0 Å². The van der Waals surface area contributed by atoms with Crippen molar-refractivity contribution in [1.29, 1.82) is 0 Å². The van der Waals surface area contributed by atoms with E-state index in [2.05, 4.69) is 30.9 Å². The lowest BCUT2D eigenvalue weighted by molar-refractivity contribution is -0.148. The maximum atomic E-state index is 11.3. The maximum absolute atomic E-state index is 11.3. The van der Waals surface area contributed by atoms with E-state index < -0.39 is 11.4 Å². The largest absolute Gasteiger partial charge is 0.481 e. The molecule has 0 radical (unpaired) electrons. The Bertz CT molecular complexity index is 282. The molecule has 1 heterocycles. The molecule has 0 bridgehead atoms. The number of hydrogen-bond acceptors (Lipinski definition) is 3. The zero-order valence-corrected chi connectivity index (χ0v) is 12.4. The summed E-state index contributed by atoms with van der Waals surface area (Å²) in [5, 5.41) is 9.29. The van der Waals surface area contributed by atoms with E-state index >= 15 is 0 Å². The van der Waals surface area contributed by atoms with Crippen molar-refractivity contribution in [2.24, 2.45) is 11.3 Å². The summed E-state index contributed by atoms with van der Waals surface area (Å²) in [5.74, 6) is -0.0721. The summed E-state index contributed by atoms with van der Waals surface area (Å²) >= 11 is 0. The second kappa shape index (κ2) is 6.02. The molecule has 4 heteroatoms. The molecule has 18 heavy (non-hydrogen) atoms. The molecule has 1 N–H and O–H groups in total. The van der Waals surface area contributed by atoms with Gasteiger partial charge in [-0.15, -0.1) is 0 Å². The molecule has 1 atom stereocenters. The van der Waals surface area contributed by atoms with Crippen LogP contribution in [0.1, 0.15) is 33.1 Å². The van der Waals surface area contributed by atoms with Crippen LogP contribution in [-0.4, -0.2) is 61.2 Å². The van der Waals surface area contributed by atoms with Crippen molar-refractivity contribution < 1.29 is 9.90 Å². The summed E-state index contributed by atoms with van der Waals surface area (Å²) in [4.78, 5) is 15.8. The number of aliphatic carboxylic acids is 1. The molecule has 4 nitrogen and oxygen atoms in total. The fourth-order valence-corrected chi connectivity index (χ4v) is 2.79. The highest BCUT2D eigenvalue weighted by Gasteiger charge is 2.35. The first-order valence-corrected chi connectivity index (χ1v) is 6.82. The smallest absolute Gasteiger partial charge is 0.309 e. The van der Waals surface area contributed by atoms with Gasteiger partial charge in [-0.05, 0) is 73.3 Å². The van der Waals surface area contributed by atoms with Gasteiger partial charge in [-0.25, -0.2) is 0 Å². The minimum Gasteiger partial charge on any atom is -0.481 e. The number of nitrogens with zero attached hydrogens (tertiary/aromatic N) is 2. The first-order chi connectivity index (χ1) is 8.24.